The molecule has 0 N–H and O–H groups in total. The van der Waals surface area contributed by atoms with Crippen molar-refractivity contribution in [1.82, 2.24) is 0 Å². The molecule has 9 rings (SSSR count). The van der Waals surface area contributed by atoms with Gasteiger partial charge in [0, 0.05) is 0 Å². The lowest BCUT2D eigenvalue weighted by atomic mass is 9.59. The van der Waals surface area contributed by atoms with E-state index in [4.69, 9.17) is 0 Å². The number of aryl methyl sites for hydroxylation is 1. The van der Waals surface area contributed by atoms with E-state index in [1.807, 2.05) is 0 Å². The highest BCUT2D eigenvalue weighted by molar-refractivity contribution is 6.25. The van der Waals surface area contributed by atoms with Crippen molar-refractivity contribution < 1.29 is 0 Å². The summed E-state index contributed by atoms with van der Waals surface area (Å²) in [7, 11) is 0. The maximum atomic E-state index is 2.52. The molecule has 1 aliphatic carbocycles. The predicted octanol–water partition coefficient (Wildman–Crippen LogP) is 13.7. The minimum Gasteiger partial charge on any atom is -0.0616 e. The Morgan fingerprint density at radius 2 is 0.917 bits per heavy atom. The molecule has 0 fully saturated rings. The third kappa shape index (κ3) is 3.67. The molecule has 8 aromatic rings. The van der Waals surface area contributed by atoms with Gasteiger partial charge in [-0.1, -0.05) is 163 Å². The molecule has 0 spiro atoms. The van der Waals surface area contributed by atoms with Crippen molar-refractivity contribution in [2.75, 3.05) is 0 Å². The highest BCUT2D eigenvalue weighted by Gasteiger charge is 2.56. The lowest BCUT2D eigenvalue weighted by molar-refractivity contribution is 0.125. The molecule has 0 saturated carbocycles. The molecule has 0 aromatic heterocycles. The summed E-state index contributed by atoms with van der Waals surface area (Å²) >= 11 is 0. The minimum absolute atomic E-state index is 0.0444. The molecule has 0 nitrogen and oxygen atoms in total. The first-order valence-corrected chi connectivity index (χ1v) is 17.5. The Balaban J connectivity index is 1.36. The van der Waals surface area contributed by atoms with Crippen LogP contribution < -0.4 is 0 Å². The van der Waals surface area contributed by atoms with Crippen LogP contribution in [0.2, 0.25) is 0 Å². The molecule has 0 saturated heterocycles. The fraction of sp³-hybridized carbons (Fsp3) is 0.208. The molecule has 8 aromatic carbocycles. The van der Waals surface area contributed by atoms with Crippen molar-refractivity contribution in [2.45, 2.75) is 59.3 Å². The van der Waals surface area contributed by atoms with E-state index in [1.165, 1.54) is 92.8 Å². The van der Waals surface area contributed by atoms with Gasteiger partial charge in [0.1, 0.15) is 0 Å². The Hall–Kier alpha value is -4.94. The topological polar surface area (TPSA) is 0 Å². The Morgan fingerprint density at radius 1 is 0.375 bits per heavy atom. The molecule has 0 atom stereocenters. The van der Waals surface area contributed by atoms with Gasteiger partial charge >= 0.3 is 0 Å². The maximum absolute atomic E-state index is 2.52. The lowest BCUT2D eigenvalue weighted by Crippen LogP contribution is -2.42. The van der Waals surface area contributed by atoms with Crippen molar-refractivity contribution in [3.05, 3.63) is 144 Å². The summed E-state index contributed by atoms with van der Waals surface area (Å²) in [6, 6.07) is 48.3. The SMILES string of the molecule is Cc1c2ccccc2cc2c1ccc1c(-c3c4ccccc4c(-c4ccc5c(c4)C(C)(C)C(C)(C)C5(C)C)c4ccccc34)cccc12. The van der Waals surface area contributed by atoms with Gasteiger partial charge in [-0.15, -0.1) is 0 Å². The van der Waals surface area contributed by atoms with Gasteiger partial charge in [0.05, 0.1) is 0 Å². The molecule has 0 amide bonds. The average molecular weight is 619 g/mol. The van der Waals surface area contributed by atoms with Gasteiger partial charge in [-0.3, -0.25) is 0 Å². The van der Waals surface area contributed by atoms with E-state index in [0.717, 1.165) is 0 Å². The Kier molecular flexibility index (Phi) is 5.97. The van der Waals surface area contributed by atoms with Crippen LogP contribution in [0, 0.1) is 12.3 Å². The normalized spacial score (nSPS) is 16.3. The molecule has 0 heterocycles. The molecular formula is C48H42. The van der Waals surface area contributed by atoms with Crippen molar-refractivity contribution >= 4 is 53.9 Å². The summed E-state index contributed by atoms with van der Waals surface area (Å²) in [4.78, 5) is 0. The molecule has 0 aliphatic heterocycles. The molecule has 0 radical (unpaired) electrons. The van der Waals surface area contributed by atoms with Crippen LogP contribution in [-0.2, 0) is 10.8 Å². The van der Waals surface area contributed by atoms with E-state index in [1.54, 1.807) is 0 Å². The summed E-state index contributed by atoms with van der Waals surface area (Å²) in [5.41, 5.74) is 9.81. The lowest BCUT2D eigenvalue weighted by Gasteiger charge is -2.44. The zero-order valence-corrected chi connectivity index (χ0v) is 29.1. The van der Waals surface area contributed by atoms with Crippen LogP contribution in [0.15, 0.2) is 127 Å². The third-order valence-corrected chi connectivity index (χ3v) is 13.2. The van der Waals surface area contributed by atoms with Crippen LogP contribution in [0.3, 0.4) is 0 Å². The van der Waals surface area contributed by atoms with Crippen LogP contribution in [0.25, 0.3) is 76.1 Å². The standard InChI is InChI=1S/C48H42/c1-29-32-16-9-8-15-30(32)27-41-33(29)24-25-35-34(41)21-14-22-36(35)45-39-19-12-10-17-37(39)44(38-18-11-13-20-40(38)45)31-23-26-42-43(28-31)47(4,5)48(6,7)46(42,2)3/h8-28H,1-7H3. The molecule has 234 valence electrons. The summed E-state index contributed by atoms with van der Waals surface area (Å²) < 4.78 is 0. The van der Waals surface area contributed by atoms with Crippen molar-refractivity contribution in [1.29, 1.82) is 0 Å². The van der Waals surface area contributed by atoms with Gasteiger partial charge in [-0.05, 0) is 122 Å². The van der Waals surface area contributed by atoms with Gasteiger partial charge in [0.2, 0.25) is 0 Å². The Labute approximate surface area is 284 Å². The van der Waals surface area contributed by atoms with E-state index in [0.29, 0.717) is 0 Å². The van der Waals surface area contributed by atoms with E-state index >= 15 is 0 Å². The number of hydrogen-bond donors (Lipinski definition) is 0. The van der Waals surface area contributed by atoms with E-state index in [9.17, 15) is 0 Å². The second-order valence-electron chi connectivity index (χ2n) is 15.8. The quantitative estimate of drug-likeness (QED) is 0.134. The predicted molar refractivity (Wildman–Crippen MR) is 209 cm³/mol. The van der Waals surface area contributed by atoms with Crippen LogP contribution in [0.5, 0.6) is 0 Å². The first-order valence-electron chi connectivity index (χ1n) is 17.5. The number of benzene rings is 8. The van der Waals surface area contributed by atoms with Crippen LogP contribution in [-0.4, -0.2) is 0 Å². The summed E-state index contributed by atoms with van der Waals surface area (Å²) in [6.07, 6.45) is 0. The first-order chi connectivity index (χ1) is 23.0. The Morgan fingerprint density at radius 3 is 1.58 bits per heavy atom. The van der Waals surface area contributed by atoms with Gasteiger partial charge in [0.15, 0.2) is 0 Å². The van der Waals surface area contributed by atoms with Gasteiger partial charge in [0.25, 0.3) is 0 Å². The van der Waals surface area contributed by atoms with Crippen molar-refractivity contribution in [2.24, 2.45) is 5.41 Å². The fourth-order valence-corrected chi connectivity index (χ4v) is 9.29. The number of rotatable bonds is 2. The van der Waals surface area contributed by atoms with Crippen LogP contribution >= 0.6 is 0 Å². The fourth-order valence-electron chi connectivity index (χ4n) is 9.29. The van der Waals surface area contributed by atoms with Gasteiger partial charge < -0.3 is 0 Å². The van der Waals surface area contributed by atoms with Gasteiger partial charge in [-0.2, -0.15) is 0 Å². The third-order valence-electron chi connectivity index (χ3n) is 13.2. The molecule has 1 aliphatic rings. The zero-order chi connectivity index (χ0) is 33.2. The number of hydrogen-bond acceptors (Lipinski definition) is 0. The number of fused-ring (bicyclic) bond motifs is 7. The molecule has 48 heavy (non-hydrogen) atoms. The van der Waals surface area contributed by atoms with Crippen molar-refractivity contribution in [3.63, 3.8) is 0 Å². The average Bonchev–Trinajstić information content (AvgIpc) is 3.20. The van der Waals surface area contributed by atoms with E-state index in [-0.39, 0.29) is 16.2 Å². The monoisotopic (exact) mass is 618 g/mol. The van der Waals surface area contributed by atoms with Crippen molar-refractivity contribution in [3.8, 4) is 22.3 Å². The maximum Gasteiger partial charge on any atom is -0.00201 e. The van der Waals surface area contributed by atoms with Crippen LogP contribution in [0.4, 0.5) is 0 Å². The first kappa shape index (κ1) is 29.2. The smallest absolute Gasteiger partial charge is 0.00201 e. The van der Waals surface area contributed by atoms with E-state index < -0.39 is 0 Å². The molecule has 0 heteroatoms. The molecule has 0 bridgehead atoms. The zero-order valence-electron chi connectivity index (χ0n) is 29.1. The minimum atomic E-state index is 0.0444. The molecular weight excluding hydrogens is 577 g/mol. The second kappa shape index (κ2) is 9.80. The van der Waals surface area contributed by atoms with Crippen LogP contribution in [0.1, 0.15) is 58.2 Å². The highest BCUT2D eigenvalue weighted by Crippen LogP contribution is 2.62. The molecule has 0 unspecified atom stereocenters. The second-order valence-corrected chi connectivity index (χ2v) is 15.8. The van der Waals surface area contributed by atoms with Gasteiger partial charge in [-0.25, -0.2) is 0 Å². The summed E-state index contributed by atoms with van der Waals surface area (Å²) in [5, 5.41) is 13.1. The summed E-state index contributed by atoms with van der Waals surface area (Å²) in [6.45, 7) is 16.9. The Bertz CT molecular complexity index is 2590. The highest BCUT2D eigenvalue weighted by atomic mass is 14.6. The summed E-state index contributed by atoms with van der Waals surface area (Å²) in [5.74, 6) is 0. The van der Waals surface area contributed by atoms with E-state index in [2.05, 4.69) is 176 Å². The largest absolute Gasteiger partial charge is 0.0616 e.